The summed E-state index contributed by atoms with van der Waals surface area (Å²) in [6, 6.07) is 9.68. The smallest absolute Gasteiger partial charge is 0.227 e. The van der Waals surface area contributed by atoms with Gasteiger partial charge >= 0.3 is 0 Å². The molecule has 0 radical (unpaired) electrons. The monoisotopic (exact) mass is 303 g/mol. The molecule has 0 saturated carbocycles. The van der Waals surface area contributed by atoms with Crippen molar-refractivity contribution in [1.82, 2.24) is 4.98 Å². The molecular weight excluding hydrogens is 285 g/mol. The van der Waals surface area contributed by atoms with Crippen LogP contribution in [-0.4, -0.2) is 22.1 Å². The van der Waals surface area contributed by atoms with Crippen molar-refractivity contribution in [2.75, 3.05) is 10.6 Å². The maximum absolute atomic E-state index is 12.8. The van der Waals surface area contributed by atoms with Gasteiger partial charge in [0, 0.05) is 6.54 Å². The number of aliphatic hydroxyl groups excluding tert-OH is 1. The Morgan fingerprint density at radius 1 is 1.27 bits per heavy atom. The number of hydrogen-bond donors (Lipinski definition) is 3. The van der Waals surface area contributed by atoms with Gasteiger partial charge in [0.05, 0.1) is 24.4 Å². The molecule has 1 unspecified atom stereocenters. The Morgan fingerprint density at radius 2 is 2.00 bits per heavy atom. The zero-order valence-corrected chi connectivity index (χ0v) is 12.2. The van der Waals surface area contributed by atoms with Crippen LogP contribution < -0.4 is 10.6 Å². The van der Waals surface area contributed by atoms with E-state index < -0.39 is 6.10 Å². The van der Waals surface area contributed by atoms with E-state index >= 15 is 0 Å². The summed E-state index contributed by atoms with van der Waals surface area (Å²) in [5.41, 5.74) is 1.51. The van der Waals surface area contributed by atoms with Crippen LogP contribution in [0.2, 0.25) is 0 Å². The first kappa shape index (κ1) is 15.9. The van der Waals surface area contributed by atoms with Crippen molar-refractivity contribution in [3.8, 4) is 0 Å². The Labute approximate surface area is 128 Å². The van der Waals surface area contributed by atoms with Gasteiger partial charge in [-0.2, -0.15) is 0 Å². The van der Waals surface area contributed by atoms with Crippen molar-refractivity contribution < 1.29 is 14.3 Å². The number of anilines is 2. The highest BCUT2D eigenvalue weighted by atomic mass is 19.1. The molecule has 1 aromatic heterocycles. The highest BCUT2D eigenvalue weighted by Gasteiger charge is 2.06. The Balaban J connectivity index is 1.86. The van der Waals surface area contributed by atoms with Gasteiger partial charge < -0.3 is 15.7 Å². The number of nitrogens with zero attached hydrogens (tertiary/aromatic N) is 1. The van der Waals surface area contributed by atoms with E-state index in [1.54, 1.807) is 31.2 Å². The lowest BCUT2D eigenvalue weighted by Crippen LogP contribution is -2.17. The SMILES string of the molecule is CC(O)CC(=O)Nc1ccc(NCc2ccc(F)cc2)nc1. The molecular formula is C16H18FN3O2. The first-order valence-electron chi connectivity index (χ1n) is 6.95. The number of pyridine rings is 1. The third kappa shape index (κ3) is 5.14. The number of nitrogens with one attached hydrogen (secondary N) is 2. The van der Waals surface area contributed by atoms with E-state index in [4.69, 9.17) is 5.11 Å². The summed E-state index contributed by atoms with van der Waals surface area (Å²) in [6.45, 7) is 2.08. The van der Waals surface area contributed by atoms with E-state index in [2.05, 4.69) is 15.6 Å². The quantitative estimate of drug-likeness (QED) is 0.766. The predicted octanol–water partition coefficient (Wildman–Crippen LogP) is 2.54. The lowest BCUT2D eigenvalue weighted by molar-refractivity contribution is -0.117. The van der Waals surface area contributed by atoms with Gasteiger partial charge in [-0.1, -0.05) is 12.1 Å². The molecule has 0 aliphatic rings. The van der Waals surface area contributed by atoms with E-state index in [1.165, 1.54) is 18.3 Å². The molecule has 2 aromatic rings. The third-order valence-electron chi connectivity index (χ3n) is 2.91. The third-order valence-corrected chi connectivity index (χ3v) is 2.91. The fourth-order valence-electron chi connectivity index (χ4n) is 1.85. The van der Waals surface area contributed by atoms with Crippen LogP contribution in [0.4, 0.5) is 15.9 Å². The van der Waals surface area contributed by atoms with Crippen molar-refractivity contribution in [3.05, 3.63) is 54.0 Å². The average molecular weight is 303 g/mol. The van der Waals surface area contributed by atoms with E-state index in [1.807, 2.05) is 0 Å². The minimum atomic E-state index is -0.676. The van der Waals surface area contributed by atoms with Crippen LogP contribution in [0.15, 0.2) is 42.6 Å². The van der Waals surface area contributed by atoms with E-state index in [0.29, 0.717) is 18.1 Å². The topological polar surface area (TPSA) is 74.2 Å². The molecule has 1 heterocycles. The molecule has 5 nitrogen and oxygen atoms in total. The molecule has 1 amide bonds. The molecule has 1 aromatic carbocycles. The molecule has 0 aliphatic heterocycles. The number of amides is 1. The normalized spacial score (nSPS) is 11.8. The summed E-state index contributed by atoms with van der Waals surface area (Å²) >= 11 is 0. The Bertz CT molecular complexity index is 612. The van der Waals surface area contributed by atoms with Crippen LogP contribution in [-0.2, 0) is 11.3 Å². The van der Waals surface area contributed by atoms with Gasteiger partial charge in [0.1, 0.15) is 11.6 Å². The number of halogens is 1. The van der Waals surface area contributed by atoms with E-state index in [-0.39, 0.29) is 18.1 Å². The number of benzene rings is 1. The Morgan fingerprint density at radius 3 is 2.59 bits per heavy atom. The molecule has 0 aliphatic carbocycles. The summed E-state index contributed by atoms with van der Waals surface area (Å²) < 4.78 is 12.8. The van der Waals surface area contributed by atoms with Crippen molar-refractivity contribution in [3.63, 3.8) is 0 Å². The minimum absolute atomic E-state index is 0.0462. The zero-order chi connectivity index (χ0) is 15.9. The standard InChI is InChI=1S/C16H18FN3O2/c1-11(21)8-16(22)20-14-6-7-15(19-10-14)18-9-12-2-4-13(17)5-3-12/h2-7,10-11,21H,8-9H2,1H3,(H,18,19)(H,20,22). The number of hydrogen-bond acceptors (Lipinski definition) is 4. The first-order valence-corrected chi connectivity index (χ1v) is 6.95. The highest BCUT2D eigenvalue weighted by Crippen LogP contribution is 2.12. The fraction of sp³-hybridized carbons (Fsp3) is 0.250. The van der Waals surface area contributed by atoms with Gasteiger partial charge in [-0.15, -0.1) is 0 Å². The van der Waals surface area contributed by atoms with E-state index in [0.717, 1.165) is 5.56 Å². The van der Waals surface area contributed by atoms with Crippen LogP contribution in [0.25, 0.3) is 0 Å². The van der Waals surface area contributed by atoms with Gasteiger partial charge in [-0.25, -0.2) is 9.37 Å². The molecule has 6 heteroatoms. The molecule has 1 atom stereocenters. The molecule has 0 fully saturated rings. The number of carbonyl (C=O) groups excluding carboxylic acids is 1. The van der Waals surface area contributed by atoms with Crippen molar-refractivity contribution in [1.29, 1.82) is 0 Å². The number of aliphatic hydroxyl groups is 1. The first-order chi connectivity index (χ1) is 10.5. The van der Waals surface area contributed by atoms with Crippen LogP contribution >= 0.6 is 0 Å². The summed E-state index contributed by atoms with van der Waals surface area (Å²) in [5, 5.41) is 14.9. The number of aromatic nitrogens is 1. The summed E-state index contributed by atoms with van der Waals surface area (Å²) in [7, 11) is 0. The second kappa shape index (κ2) is 7.51. The molecule has 116 valence electrons. The fourth-order valence-corrected chi connectivity index (χ4v) is 1.85. The summed E-state index contributed by atoms with van der Waals surface area (Å²) in [4.78, 5) is 15.7. The lowest BCUT2D eigenvalue weighted by Gasteiger charge is -2.08. The number of rotatable bonds is 6. The largest absolute Gasteiger partial charge is 0.393 e. The second-order valence-electron chi connectivity index (χ2n) is 5.01. The summed E-state index contributed by atoms with van der Waals surface area (Å²) in [6.07, 6.45) is 0.905. The number of carbonyl (C=O) groups is 1. The highest BCUT2D eigenvalue weighted by molar-refractivity contribution is 5.90. The van der Waals surface area contributed by atoms with Crippen molar-refractivity contribution in [2.45, 2.75) is 26.0 Å². The molecule has 0 bridgehead atoms. The predicted molar refractivity (Wildman–Crippen MR) is 82.9 cm³/mol. The minimum Gasteiger partial charge on any atom is -0.393 e. The zero-order valence-electron chi connectivity index (χ0n) is 12.2. The van der Waals surface area contributed by atoms with Crippen molar-refractivity contribution >= 4 is 17.4 Å². The van der Waals surface area contributed by atoms with Gasteiger partial charge in [0.15, 0.2) is 0 Å². The second-order valence-corrected chi connectivity index (χ2v) is 5.01. The van der Waals surface area contributed by atoms with Gasteiger partial charge in [0.25, 0.3) is 0 Å². The van der Waals surface area contributed by atoms with Crippen LogP contribution in [0.3, 0.4) is 0 Å². The molecule has 2 rings (SSSR count). The molecule has 0 spiro atoms. The average Bonchev–Trinajstić information content (AvgIpc) is 2.47. The molecule has 3 N–H and O–H groups in total. The van der Waals surface area contributed by atoms with E-state index in [9.17, 15) is 9.18 Å². The van der Waals surface area contributed by atoms with Crippen LogP contribution in [0.1, 0.15) is 18.9 Å². The summed E-state index contributed by atoms with van der Waals surface area (Å²) in [5.74, 6) is 0.126. The van der Waals surface area contributed by atoms with Crippen LogP contribution in [0, 0.1) is 5.82 Å². The van der Waals surface area contributed by atoms with Gasteiger partial charge in [0.2, 0.25) is 5.91 Å². The maximum Gasteiger partial charge on any atom is 0.227 e. The van der Waals surface area contributed by atoms with Gasteiger partial charge in [-0.05, 0) is 36.8 Å². The molecule has 0 saturated heterocycles. The lowest BCUT2D eigenvalue weighted by atomic mass is 10.2. The van der Waals surface area contributed by atoms with Crippen molar-refractivity contribution in [2.24, 2.45) is 0 Å². The Hall–Kier alpha value is -2.47. The van der Waals surface area contributed by atoms with Gasteiger partial charge in [-0.3, -0.25) is 4.79 Å². The van der Waals surface area contributed by atoms with Crippen LogP contribution in [0.5, 0.6) is 0 Å². The molecule has 22 heavy (non-hydrogen) atoms. The Kier molecular flexibility index (Phi) is 5.43. The maximum atomic E-state index is 12.8.